The van der Waals surface area contributed by atoms with Gasteiger partial charge in [0.25, 0.3) is 5.91 Å². The molecule has 3 aromatic rings. The first kappa shape index (κ1) is 28.8. The normalized spacial score (nSPS) is 10.8. The largest absolute Gasteiger partial charge is 0.386 e. The summed E-state index contributed by atoms with van der Waals surface area (Å²) in [6, 6.07) is 11.0. The lowest BCUT2D eigenvalue weighted by molar-refractivity contribution is -0.105. The summed E-state index contributed by atoms with van der Waals surface area (Å²) >= 11 is 6.90. The molecule has 9 nitrogen and oxygen atoms in total. The first-order valence-electron chi connectivity index (χ1n) is 10.6. The van der Waals surface area contributed by atoms with Crippen LogP contribution in [0.25, 0.3) is 0 Å². The number of rotatable bonds is 8. The fraction of sp³-hybridized carbons (Fsp3) is 0.174. The molecule has 1 unspecified atom stereocenters. The maximum Gasteiger partial charge on any atom is 0.331 e. The van der Waals surface area contributed by atoms with Crippen LogP contribution < -0.4 is 25.6 Å². The molecule has 0 aliphatic heterocycles. The molecule has 1 heterocycles. The summed E-state index contributed by atoms with van der Waals surface area (Å²) < 4.78 is 29.5. The lowest BCUT2D eigenvalue weighted by Crippen LogP contribution is -2.30. The van der Waals surface area contributed by atoms with E-state index in [9.17, 15) is 23.0 Å². The van der Waals surface area contributed by atoms with Crippen LogP contribution in [-0.4, -0.2) is 36.7 Å². The highest BCUT2D eigenvalue weighted by Crippen LogP contribution is 2.27. The minimum Gasteiger partial charge on any atom is -0.386 e. The molecule has 0 saturated heterocycles. The van der Waals surface area contributed by atoms with Gasteiger partial charge in [0.05, 0.1) is 21.3 Å². The zero-order valence-electron chi connectivity index (χ0n) is 19.8. The van der Waals surface area contributed by atoms with Crippen LogP contribution in [0, 0.1) is 5.82 Å². The first-order valence-corrected chi connectivity index (χ1v) is 12.9. The predicted molar refractivity (Wildman–Crippen MR) is 144 cm³/mol. The Hall–Kier alpha value is -3.48. The Morgan fingerprint density at radius 1 is 1.08 bits per heavy atom. The molecule has 0 aliphatic carbocycles. The van der Waals surface area contributed by atoms with Gasteiger partial charge in [-0.3, -0.25) is 14.3 Å². The lowest BCUT2D eigenvalue weighted by Gasteiger charge is -2.20. The van der Waals surface area contributed by atoms with Gasteiger partial charge in [0.15, 0.2) is 11.0 Å². The first-order chi connectivity index (χ1) is 17.2. The third-order valence-corrected chi connectivity index (χ3v) is 7.16. The topological polar surface area (TPSA) is 120 Å². The Kier molecular flexibility index (Phi) is 10.8. The summed E-state index contributed by atoms with van der Waals surface area (Å²) in [7, 11) is 1.24. The number of urea groups is 1. The van der Waals surface area contributed by atoms with Gasteiger partial charge in [-0.1, -0.05) is 25.4 Å². The number of carbonyl (C=O) groups excluding carboxylic acids is 3. The number of carbonyl (C=O) groups is 3. The zero-order chi connectivity index (χ0) is 26.8. The van der Waals surface area contributed by atoms with Crippen molar-refractivity contribution in [2.45, 2.75) is 18.1 Å². The van der Waals surface area contributed by atoms with Crippen LogP contribution in [0.5, 0.6) is 0 Å². The highest BCUT2D eigenvalue weighted by Gasteiger charge is 2.20. The van der Waals surface area contributed by atoms with Crippen molar-refractivity contribution in [3.63, 3.8) is 0 Å². The van der Waals surface area contributed by atoms with Gasteiger partial charge in [0.2, 0.25) is 6.41 Å². The Labute approximate surface area is 219 Å². The van der Waals surface area contributed by atoms with Crippen molar-refractivity contribution in [2.24, 2.45) is 0 Å². The van der Waals surface area contributed by atoms with Gasteiger partial charge < -0.3 is 20.9 Å². The molecule has 13 heteroatoms. The average Bonchev–Trinajstić information content (AvgIpc) is 3.32. The molecule has 0 radical (unpaired) electrons. The van der Waals surface area contributed by atoms with Crippen molar-refractivity contribution in [3.8, 4) is 0 Å². The van der Waals surface area contributed by atoms with E-state index in [-0.39, 0.29) is 16.9 Å². The SMILES string of the molecule is CC.CNc1cc(NC=O)c(C(=O)N(C)c2ccc(NC(=O)NS(=O)c3ccc(Cl)s3)cc2)cc1F. The number of hydrogen-bond acceptors (Lipinski definition) is 6. The van der Waals surface area contributed by atoms with Gasteiger partial charge >= 0.3 is 6.03 Å². The lowest BCUT2D eigenvalue weighted by atomic mass is 10.1. The summed E-state index contributed by atoms with van der Waals surface area (Å²) in [5.41, 5.74) is 1.07. The smallest absolute Gasteiger partial charge is 0.331 e. The van der Waals surface area contributed by atoms with E-state index in [0.717, 1.165) is 17.4 Å². The second kappa shape index (κ2) is 13.6. The number of benzene rings is 2. The molecule has 2 aromatic carbocycles. The van der Waals surface area contributed by atoms with Crippen molar-refractivity contribution in [3.05, 3.63) is 64.2 Å². The predicted octanol–water partition coefficient (Wildman–Crippen LogP) is 5.30. The van der Waals surface area contributed by atoms with Gasteiger partial charge in [-0.2, -0.15) is 0 Å². The highest BCUT2D eigenvalue weighted by molar-refractivity contribution is 7.86. The minimum atomic E-state index is -1.76. The molecule has 3 rings (SSSR count). The second-order valence-corrected chi connectivity index (χ2v) is 9.84. The van der Waals surface area contributed by atoms with Crippen LogP contribution in [0.1, 0.15) is 24.2 Å². The fourth-order valence-electron chi connectivity index (χ4n) is 2.88. The van der Waals surface area contributed by atoms with E-state index in [1.165, 1.54) is 25.1 Å². The summed E-state index contributed by atoms with van der Waals surface area (Å²) in [5.74, 6) is -1.21. The van der Waals surface area contributed by atoms with E-state index in [0.29, 0.717) is 26.3 Å². The fourth-order valence-corrected chi connectivity index (χ4v) is 5.00. The molecule has 0 fully saturated rings. The summed E-state index contributed by atoms with van der Waals surface area (Å²) in [5, 5.41) is 7.59. The van der Waals surface area contributed by atoms with Crippen molar-refractivity contribution in [2.75, 3.05) is 34.9 Å². The number of anilines is 4. The van der Waals surface area contributed by atoms with Crippen molar-refractivity contribution in [1.29, 1.82) is 0 Å². The maximum atomic E-state index is 14.2. The Bertz CT molecular complexity index is 1250. The molecular formula is C23H25ClFN5O4S2. The van der Waals surface area contributed by atoms with E-state index < -0.39 is 28.7 Å². The molecule has 0 aliphatic rings. The summed E-state index contributed by atoms with van der Waals surface area (Å²) in [6.45, 7) is 4.00. The van der Waals surface area contributed by atoms with Crippen molar-refractivity contribution >= 4 is 75.0 Å². The Morgan fingerprint density at radius 2 is 1.75 bits per heavy atom. The van der Waals surface area contributed by atoms with Gasteiger partial charge in [0, 0.05) is 25.5 Å². The number of nitrogens with zero attached hydrogens (tertiary/aromatic N) is 1. The second-order valence-electron chi connectivity index (χ2n) is 6.68. The van der Waals surface area contributed by atoms with Gasteiger partial charge in [-0.15, -0.1) is 11.3 Å². The van der Waals surface area contributed by atoms with Gasteiger partial charge in [0.1, 0.15) is 10.0 Å². The van der Waals surface area contributed by atoms with E-state index in [4.69, 9.17) is 11.6 Å². The number of halogens is 2. The van der Waals surface area contributed by atoms with Crippen LogP contribution in [0.4, 0.5) is 31.9 Å². The number of thiophene rings is 1. The van der Waals surface area contributed by atoms with E-state index in [2.05, 4.69) is 20.7 Å². The minimum absolute atomic E-state index is 0.0381. The van der Waals surface area contributed by atoms with E-state index >= 15 is 0 Å². The van der Waals surface area contributed by atoms with Crippen LogP contribution in [0.2, 0.25) is 4.34 Å². The monoisotopic (exact) mass is 553 g/mol. The van der Waals surface area contributed by atoms with Gasteiger partial charge in [-0.25, -0.2) is 13.4 Å². The standard InChI is InChI=1S/C21H19ClFN5O4S2.C2H6/c1-24-17-10-16(25-11-29)14(9-15(17)23)20(30)28(2)13-5-3-12(4-6-13)26-21(31)27-34(32)19-8-7-18(22)33-19;1-2/h3-11,24H,1-2H3,(H,25,29)(H2,26,27,31);1-2H3. The maximum absolute atomic E-state index is 14.2. The summed E-state index contributed by atoms with van der Waals surface area (Å²) in [6.07, 6.45) is 0.398. The van der Waals surface area contributed by atoms with Crippen molar-refractivity contribution in [1.82, 2.24) is 4.72 Å². The molecule has 0 spiro atoms. The zero-order valence-corrected chi connectivity index (χ0v) is 22.2. The molecule has 0 saturated carbocycles. The Morgan fingerprint density at radius 3 is 2.31 bits per heavy atom. The Balaban J connectivity index is 0.00000222. The molecular weight excluding hydrogens is 529 g/mol. The number of hydrogen-bond donors (Lipinski definition) is 4. The molecule has 1 aromatic heterocycles. The van der Waals surface area contributed by atoms with Crippen molar-refractivity contribution < 1.29 is 23.0 Å². The molecule has 4 amide bonds. The number of nitrogens with one attached hydrogen (secondary N) is 4. The van der Waals surface area contributed by atoms with Crippen LogP contribution >= 0.6 is 22.9 Å². The third kappa shape index (κ3) is 7.26. The third-order valence-electron chi connectivity index (χ3n) is 4.56. The van der Waals surface area contributed by atoms with Crippen LogP contribution in [0.15, 0.2) is 52.7 Å². The molecule has 0 bridgehead atoms. The highest BCUT2D eigenvalue weighted by atomic mass is 35.5. The molecule has 36 heavy (non-hydrogen) atoms. The van der Waals surface area contributed by atoms with Crippen LogP contribution in [-0.2, 0) is 15.8 Å². The van der Waals surface area contributed by atoms with Gasteiger partial charge in [-0.05, 0) is 48.5 Å². The van der Waals surface area contributed by atoms with E-state index in [1.807, 2.05) is 13.8 Å². The average molecular weight is 554 g/mol. The van der Waals surface area contributed by atoms with E-state index in [1.54, 1.807) is 36.4 Å². The molecule has 4 N–H and O–H groups in total. The number of amides is 4. The van der Waals surface area contributed by atoms with Crippen LogP contribution in [0.3, 0.4) is 0 Å². The quantitative estimate of drug-likeness (QED) is 0.282. The molecule has 192 valence electrons. The molecule has 1 atom stereocenters. The summed E-state index contributed by atoms with van der Waals surface area (Å²) in [4.78, 5) is 37.3.